The second-order valence-corrected chi connectivity index (χ2v) is 9.21. The number of nitrogens with one attached hydrogen (secondary N) is 1. The molecule has 0 aliphatic carbocycles. The molecule has 2 aliphatic heterocycles. The van der Waals surface area contributed by atoms with E-state index in [0.29, 0.717) is 31.7 Å². The van der Waals surface area contributed by atoms with Gasteiger partial charge in [0.25, 0.3) is 5.91 Å². The fraction of sp³-hybridized carbons (Fsp3) is 0.545. The third-order valence-corrected chi connectivity index (χ3v) is 6.85. The van der Waals surface area contributed by atoms with Gasteiger partial charge >= 0.3 is 5.97 Å². The van der Waals surface area contributed by atoms with Crippen LogP contribution in [0.5, 0.6) is 0 Å². The molecule has 1 N–H and O–H groups in total. The number of ether oxygens (including phenoxy) is 1. The van der Waals surface area contributed by atoms with Crippen molar-refractivity contribution < 1.29 is 23.9 Å². The van der Waals surface area contributed by atoms with E-state index in [9.17, 15) is 19.2 Å². The van der Waals surface area contributed by atoms with E-state index in [1.165, 1.54) is 14.0 Å². The zero-order valence-corrected chi connectivity index (χ0v) is 18.9. The number of methoxy groups -OCH3 is 1. The number of hydrogen-bond acceptors (Lipinski definition) is 7. The molecule has 168 valence electrons. The van der Waals surface area contributed by atoms with Crippen molar-refractivity contribution in [3.05, 3.63) is 35.4 Å². The minimum atomic E-state index is -0.625. The lowest BCUT2D eigenvalue weighted by atomic mass is 9.95. The van der Waals surface area contributed by atoms with Gasteiger partial charge in [0.05, 0.1) is 7.11 Å². The van der Waals surface area contributed by atoms with E-state index in [-0.39, 0.29) is 22.8 Å². The van der Waals surface area contributed by atoms with Crippen LogP contribution >= 0.6 is 11.8 Å². The van der Waals surface area contributed by atoms with Crippen LogP contribution in [0.3, 0.4) is 0 Å². The zero-order valence-electron chi connectivity index (χ0n) is 18.1. The van der Waals surface area contributed by atoms with E-state index >= 15 is 0 Å². The fourth-order valence-electron chi connectivity index (χ4n) is 4.10. The van der Waals surface area contributed by atoms with Crippen LogP contribution in [0.4, 0.5) is 0 Å². The molecule has 2 amide bonds. The summed E-state index contributed by atoms with van der Waals surface area (Å²) >= 11 is 1.12. The lowest BCUT2D eigenvalue weighted by Crippen LogP contribution is -2.58. The number of thioether (sulfide) groups is 1. The van der Waals surface area contributed by atoms with Gasteiger partial charge in [-0.2, -0.15) is 0 Å². The molecular weight excluding hydrogens is 418 g/mol. The molecule has 1 aromatic rings. The Morgan fingerprint density at radius 3 is 2.58 bits per heavy atom. The number of fused-ring (bicyclic) bond motifs is 1. The van der Waals surface area contributed by atoms with Gasteiger partial charge in [-0.15, -0.1) is 0 Å². The Bertz CT molecular complexity index is 861. The highest BCUT2D eigenvalue weighted by atomic mass is 32.2. The van der Waals surface area contributed by atoms with Crippen molar-refractivity contribution in [3.63, 3.8) is 0 Å². The predicted molar refractivity (Wildman–Crippen MR) is 117 cm³/mol. The van der Waals surface area contributed by atoms with Gasteiger partial charge in [0.1, 0.15) is 12.1 Å². The molecule has 0 saturated carbocycles. The number of benzene rings is 1. The van der Waals surface area contributed by atoms with Gasteiger partial charge < -0.3 is 9.64 Å². The minimum absolute atomic E-state index is 0.0328. The maximum absolute atomic E-state index is 13.1. The molecule has 8 nitrogen and oxygen atoms in total. The number of nitrogens with zero attached hydrogens (tertiary/aromatic N) is 2. The zero-order chi connectivity index (χ0) is 22.5. The molecule has 9 heteroatoms. The molecule has 0 aromatic heterocycles. The summed E-state index contributed by atoms with van der Waals surface area (Å²) in [7, 11) is 1.33. The normalized spacial score (nSPS) is 21.8. The third kappa shape index (κ3) is 5.46. The van der Waals surface area contributed by atoms with Gasteiger partial charge in [-0.05, 0) is 24.0 Å². The van der Waals surface area contributed by atoms with Crippen LogP contribution in [0.2, 0.25) is 0 Å². The summed E-state index contributed by atoms with van der Waals surface area (Å²) in [6, 6.07) is 6.58. The lowest BCUT2D eigenvalue weighted by Gasteiger charge is -2.36. The predicted octanol–water partition coefficient (Wildman–Crippen LogP) is 1.52. The number of hydrazine groups is 1. The standard InChI is InChI=1S/C22H29N3O5S/c1-14(13-31-15(2)26)21(28)24-10-6-9-18(24)20(27)23-25-12-17-8-5-4-7-16(17)11-19(25)22(29)30-3/h4-5,7-8,14,18-19H,6,9-13H2,1-3H3,(H,23,27)/t14-,18+,19?/m1/s1. The maximum Gasteiger partial charge on any atom is 0.325 e. The van der Waals surface area contributed by atoms with Crippen molar-refractivity contribution in [2.24, 2.45) is 5.92 Å². The van der Waals surface area contributed by atoms with Crippen LogP contribution in [0.15, 0.2) is 24.3 Å². The summed E-state index contributed by atoms with van der Waals surface area (Å²) in [5.41, 5.74) is 4.97. The first-order valence-electron chi connectivity index (χ1n) is 10.5. The van der Waals surface area contributed by atoms with Crippen LogP contribution in [-0.4, -0.2) is 64.3 Å². The summed E-state index contributed by atoms with van der Waals surface area (Å²) in [6.45, 7) is 4.14. The summed E-state index contributed by atoms with van der Waals surface area (Å²) in [6.07, 6.45) is 1.74. The van der Waals surface area contributed by atoms with E-state index in [4.69, 9.17) is 4.74 Å². The van der Waals surface area contributed by atoms with E-state index in [2.05, 4.69) is 5.43 Å². The van der Waals surface area contributed by atoms with Crippen molar-refractivity contribution in [1.82, 2.24) is 15.3 Å². The minimum Gasteiger partial charge on any atom is -0.468 e. The number of carbonyl (C=O) groups excluding carboxylic acids is 4. The molecule has 0 radical (unpaired) electrons. The second-order valence-electron chi connectivity index (χ2n) is 8.01. The highest BCUT2D eigenvalue weighted by molar-refractivity contribution is 8.13. The number of amides is 2. The molecule has 2 aliphatic rings. The fourth-order valence-corrected chi connectivity index (χ4v) is 4.73. The second kappa shape index (κ2) is 10.3. The van der Waals surface area contributed by atoms with Gasteiger partial charge in [-0.3, -0.25) is 24.6 Å². The van der Waals surface area contributed by atoms with E-state index < -0.39 is 18.1 Å². The number of hydrogen-bond donors (Lipinski definition) is 1. The molecule has 2 heterocycles. The molecule has 1 fully saturated rings. The molecule has 1 saturated heterocycles. The Hall–Kier alpha value is -2.39. The Morgan fingerprint density at radius 2 is 1.90 bits per heavy atom. The molecule has 0 spiro atoms. The summed E-state index contributed by atoms with van der Waals surface area (Å²) < 4.78 is 4.95. The first kappa shape index (κ1) is 23.3. The average molecular weight is 448 g/mol. The smallest absolute Gasteiger partial charge is 0.325 e. The van der Waals surface area contributed by atoms with Gasteiger partial charge in [-0.25, -0.2) is 5.01 Å². The summed E-state index contributed by atoms with van der Waals surface area (Å²) in [5.74, 6) is -0.798. The van der Waals surface area contributed by atoms with Crippen LogP contribution in [0.1, 0.15) is 37.8 Å². The van der Waals surface area contributed by atoms with Gasteiger partial charge in [0.2, 0.25) is 5.91 Å². The average Bonchev–Trinajstić information content (AvgIpc) is 3.25. The van der Waals surface area contributed by atoms with Crippen molar-refractivity contribution in [2.75, 3.05) is 19.4 Å². The van der Waals surface area contributed by atoms with E-state index in [1.54, 1.807) is 16.8 Å². The molecular formula is C22H29N3O5S. The number of carbonyl (C=O) groups is 4. The highest BCUT2D eigenvalue weighted by Crippen LogP contribution is 2.25. The van der Waals surface area contributed by atoms with Crippen molar-refractivity contribution >= 4 is 34.7 Å². The van der Waals surface area contributed by atoms with Gasteiger partial charge in [-0.1, -0.05) is 43.0 Å². The quantitative estimate of drug-likeness (QED) is 0.661. The van der Waals surface area contributed by atoms with Crippen molar-refractivity contribution in [1.29, 1.82) is 0 Å². The molecule has 1 aromatic carbocycles. The largest absolute Gasteiger partial charge is 0.468 e. The summed E-state index contributed by atoms with van der Waals surface area (Å²) in [4.78, 5) is 51.2. The van der Waals surface area contributed by atoms with E-state index in [1.807, 2.05) is 24.3 Å². The monoisotopic (exact) mass is 447 g/mol. The van der Waals surface area contributed by atoms with Crippen molar-refractivity contribution in [2.45, 2.75) is 51.7 Å². The topological polar surface area (TPSA) is 96.0 Å². The number of likely N-dealkylation sites (tertiary alicyclic amines) is 1. The Kier molecular flexibility index (Phi) is 7.72. The molecule has 3 rings (SSSR count). The maximum atomic E-state index is 13.1. The Labute approximate surface area is 186 Å². The van der Waals surface area contributed by atoms with Crippen LogP contribution in [-0.2, 0) is 36.9 Å². The number of esters is 1. The Morgan fingerprint density at radius 1 is 1.19 bits per heavy atom. The Balaban J connectivity index is 1.70. The van der Waals surface area contributed by atoms with Gasteiger partial charge in [0, 0.05) is 38.1 Å². The first-order valence-corrected chi connectivity index (χ1v) is 11.5. The van der Waals surface area contributed by atoms with Crippen LogP contribution < -0.4 is 5.43 Å². The van der Waals surface area contributed by atoms with Gasteiger partial charge in [0.15, 0.2) is 5.12 Å². The lowest BCUT2D eigenvalue weighted by molar-refractivity contribution is -0.152. The van der Waals surface area contributed by atoms with E-state index in [0.717, 1.165) is 29.3 Å². The third-order valence-electron chi connectivity index (χ3n) is 5.77. The SMILES string of the molecule is COC(=O)C1Cc2ccccc2CN1NC(=O)[C@@H]1CCCN1C(=O)[C@H](C)CSC(C)=O. The molecule has 1 unspecified atom stereocenters. The molecule has 3 atom stereocenters. The molecule has 0 bridgehead atoms. The van der Waals surface area contributed by atoms with Crippen molar-refractivity contribution in [3.8, 4) is 0 Å². The van der Waals surface area contributed by atoms with Crippen LogP contribution in [0.25, 0.3) is 0 Å². The highest BCUT2D eigenvalue weighted by Gasteiger charge is 2.39. The van der Waals surface area contributed by atoms with Crippen LogP contribution in [0, 0.1) is 5.92 Å². The first-order chi connectivity index (χ1) is 14.8. The molecule has 31 heavy (non-hydrogen) atoms. The number of rotatable bonds is 6. The summed E-state index contributed by atoms with van der Waals surface area (Å²) in [5, 5.41) is 1.58.